The molecule has 28 heavy (non-hydrogen) atoms. The number of amides is 1. The van der Waals surface area contributed by atoms with Gasteiger partial charge in [-0.3, -0.25) is 0 Å². The van der Waals surface area contributed by atoms with E-state index < -0.39 is 12.5 Å². The number of carbonyl (C=O) groups is 1. The molecule has 6 nitrogen and oxygen atoms in total. The van der Waals surface area contributed by atoms with Crippen LogP contribution in [0.2, 0.25) is 0 Å². The van der Waals surface area contributed by atoms with Crippen LogP contribution in [-0.2, 0) is 11.3 Å². The highest BCUT2D eigenvalue weighted by Gasteiger charge is 2.32. The lowest BCUT2D eigenvalue weighted by Gasteiger charge is -2.14. The molecular formula is C19H16F3N3O3. The number of carbonyl (C=O) groups excluding carboxylic acids is 1. The van der Waals surface area contributed by atoms with Crippen LogP contribution in [-0.4, -0.2) is 22.2 Å². The van der Waals surface area contributed by atoms with Crippen molar-refractivity contribution >= 4 is 6.09 Å². The van der Waals surface area contributed by atoms with Crippen LogP contribution < -0.4 is 10.5 Å². The number of alkyl halides is 3. The molecule has 2 aromatic carbocycles. The van der Waals surface area contributed by atoms with Gasteiger partial charge in [0, 0.05) is 11.3 Å². The highest BCUT2D eigenvalue weighted by molar-refractivity contribution is 5.72. The van der Waals surface area contributed by atoms with Crippen LogP contribution in [0.5, 0.6) is 5.75 Å². The number of primary amides is 1. The van der Waals surface area contributed by atoms with Gasteiger partial charge in [-0.15, -0.1) is 13.2 Å². The van der Waals surface area contributed by atoms with E-state index in [1.54, 1.807) is 54.1 Å². The lowest BCUT2D eigenvalue weighted by atomic mass is 10.0. The summed E-state index contributed by atoms with van der Waals surface area (Å²) in [6, 6.07) is 14.5. The van der Waals surface area contributed by atoms with Gasteiger partial charge < -0.3 is 15.2 Å². The van der Waals surface area contributed by atoms with Crippen molar-refractivity contribution in [3.63, 3.8) is 0 Å². The number of benzene rings is 2. The Kier molecular flexibility index (Phi) is 5.25. The standard InChI is InChI=1S/C19H16F3N3O3/c1-12-9-14(11-27-18(23)26)24-25(12)15-6-4-5-13(10-15)16-7-2-3-8-17(16)28-19(20,21)22/h2-10H,11H2,1H3,(H2,23,26). The quantitative estimate of drug-likeness (QED) is 0.702. The molecule has 0 saturated heterocycles. The van der Waals surface area contributed by atoms with Gasteiger partial charge in [0.2, 0.25) is 0 Å². The monoisotopic (exact) mass is 391 g/mol. The summed E-state index contributed by atoms with van der Waals surface area (Å²) in [6.45, 7) is 1.72. The lowest BCUT2D eigenvalue weighted by Crippen LogP contribution is -2.17. The predicted octanol–water partition coefficient (Wildman–Crippen LogP) is 4.34. The smallest absolute Gasteiger partial charge is 0.443 e. The molecule has 0 saturated carbocycles. The number of halogens is 3. The minimum atomic E-state index is -4.79. The zero-order chi connectivity index (χ0) is 20.3. The second kappa shape index (κ2) is 7.63. The molecular weight excluding hydrogens is 375 g/mol. The van der Waals surface area contributed by atoms with E-state index in [4.69, 9.17) is 10.5 Å². The van der Waals surface area contributed by atoms with E-state index in [1.807, 2.05) is 0 Å². The number of nitrogens with two attached hydrogens (primary N) is 1. The van der Waals surface area contributed by atoms with Crippen LogP contribution in [0.4, 0.5) is 18.0 Å². The summed E-state index contributed by atoms with van der Waals surface area (Å²) in [5, 5.41) is 4.34. The molecule has 146 valence electrons. The molecule has 0 unspecified atom stereocenters. The van der Waals surface area contributed by atoms with Crippen molar-refractivity contribution in [1.82, 2.24) is 9.78 Å². The Morgan fingerprint density at radius 3 is 2.61 bits per heavy atom. The van der Waals surface area contributed by atoms with Crippen LogP contribution >= 0.6 is 0 Å². The van der Waals surface area contributed by atoms with E-state index in [-0.39, 0.29) is 12.4 Å². The maximum absolute atomic E-state index is 12.7. The largest absolute Gasteiger partial charge is 0.573 e. The first-order valence-electron chi connectivity index (χ1n) is 8.16. The molecule has 0 fully saturated rings. The number of aryl methyl sites for hydroxylation is 1. The first-order chi connectivity index (χ1) is 13.2. The summed E-state index contributed by atoms with van der Waals surface area (Å²) in [6.07, 6.45) is -5.70. The maximum atomic E-state index is 12.7. The van der Waals surface area contributed by atoms with E-state index in [1.165, 1.54) is 12.1 Å². The van der Waals surface area contributed by atoms with Gasteiger partial charge in [-0.2, -0.15) is 5.10 Å². The number of ether oxygens (including phenoxy) is 2. The van der Waals surface area contributed by atoms with E-state index in [2.05, 4.69) is 9.84 Å². The molecule has 0 radical (unpaired) electrons. The number of hydrogen-bond donors (Lipinski definition) is 1. The summed E-state index contributed by atoms with van der Waals surface area (Å²) in [7, 11) is 0. The minimum Gasteiger partial charge on any atom is -0.443 e. The van der Waals surface area contributed by atoms with Crippen LogP contribution in [0.1, 0.15) is 11.4 Å². The second-order valence-electron chi connectivity index (χ2n) is 5.89. The number of hydrogen-bond acceptors (Lipinski definition) is 4. The van der Waals surface area contributed by atoms with Crippen molar-refractivity contribution in [2.45, 2.75) is 19.9 Å². The molecule has 0 spiro atoms. The lowest BCUT2D eigenvalue weighted by molar-refractivity contribution is -0.274. The Balaban J connectivity index is 1.95. The first kappa shape index (κ1) is 19.3. The topological polar surface area (TPSA) is 79.4 Å². The van der Waals surface area contributed by atoms with Gasteiger partial charge in [0.15, 0.2) is 0 Å². The first-order valence-corrected chi connectivity index (χ1v) is 8.16. The van der Waals surface area contributed by atoms with E-state index in [9.17, 15) is 18.0 Å². The predicted molar refractivity (Wildman–Crippen MR) is 94.8 cm³/mol. The number of aromatic nitrogens is 2. The molecule has 0 atom stereocenters. The third-order valence-corrected chi connectivity index (χ3v) is 3.81. The van der Waals surface area contributed by atoms with Crippen LogP contribution in [0.25, 0.3) is 16.8 Å². The van der Waals surface area contributed by atoms with E-state index in [0.717, 1.165) is 5.69 Å². The Labute approximate surface area is 158 Å². The van der Waals surface area contributed by atoms with Crippen molar-refractivity contribution < 1.29 is 27.4 Å². The molecule has 0 aliphatic rings. The number of rotatable bonds is 5. The van der Waals surface area contributed by atoms with Crippen molar-refractivity contribution in [1.29, 1.82) is 0 Å². The Bertz CT molecular complexity index is 999. The average Bonchev–Trinajstić information content (AvgIpc) is 3.00. The Morgan fingerprint density at radius 2 is 1.89 bits per heavy atom. The molecule has 9 heteroatoms. The van der Waals surface area contributed by atoms with Crippen molar-refractivity contribution in [3.8, 4) is 22.6 Å². The van der Waals surface area contributed by atoms with Gasteiger partial charge in [0.1, 0.15) is 18.1 Å². The SMILES string of the molecule is Cc1cc(COC(N)=O)nn1-c1cccc(-c2ccccc2OC(F)(F)F)c1. The zero-order valence-electron chi connectivity index (χ0n) is 14.7. The molecule has 0 bridgehead atoms. The van der Waals surface area contributed by atoms with Crippen molar-refractivity contribution in [3.05, 3.63) is 66.0 Å². The molecule has 1 amide bonds. The third kappa shape index (κ3) is 4.61. The molecule has 1 aromatic heterocycles. The van der Waals surface area contributed by atoms with E-state index in [0.29, 0.717) is 22.5 Å². The van der Waals surface area contributed by atoms with Crippen molar-refractivity contribution in [2.24, 2.45) is 5.73 Å². The minimum absolute atomic E-state index is 0.0783. The Morgan fingerprint density at radius 1 is 1.14 bits per heavy atom. The molecule has 0 aliphatic carbocycles. The zero-order valence-corrected chi connectivity index (χ0v) is 14.7. The van der Waals surface area contributed by atoms with Crippen LogP contribution in [0.15, 0.2) is 54.6 Å². The fraction of sp³-hybridized carbons (Fsp3) is 0.158. The van der Waals surface area contributed by atoms with Gasteiger partial charge >= 0.3 is 12.5 Å². The summed E-state index contributed by atoms with van der Waals surface area (Å²) < 4.78 is 48.5. The van der Waals surface area contributed by atoms with Gasteiger partial charge in [-0.05, 0) is 36.8 Å². The molecule has 3 aromatic rings. The fourth-order valence-corrected chi connectivity index (χ4v) is 2.74. The molecule has 0 aliphatic heterocycles. The molecule has 3 rings (SSSR count). The highest BCUT2D eigenvalue weighted by Crippen LogP contribution is 2.34. The van der Waals surface area contributed by atoms with Gasteiger partial charge in [0.25, 0.3) is 0 Å². The van der Waals surface area contributed by atoms with Gasteiger partial charge in [-0.1, -0.05) is 30.3 Å². The second-order valence-corrected chi connectivity index (χ2v) is 5.89. The average molecular weight is 391 g/mol. The number of para-hydroxylation sites is 1. The molecule has 2 N–H and O–H groups in total. The highest BCUT2D eigenvalue weighted by atomic mass is 19.4. The Hall–Kier alpha value is -3.49. The van der Waals surface area contributed by atoms with Crippen LogP contribution in [0.3, 0.4) is 0 Å². The van der Waals surface area contributed by atoms with Gasteiger partial charge in [0.05, 0.1) is 5.69 Å². The molecule has 1 heterocycles. The maximum Gasteiger partial charge on any atom is 0.573 e. The van der Waals surface area contributed by atoms with E-state index >= 15 is 0 Å². The summed E-state index contributed by atoms with van der Waals surface area (Å²) in [5.74, 6) is -0.292. The normalized spacial score (nSPS) is 11.3. The summed E-state index contributed by atoms with van der Waals surface area (Å²) in [5.41, 5.74) is 7.64. The fourth-order valence-electron chi connectivity index (χ4n) is 2.74. The van der Waals surface area contributed by atoms with Crippen LogP contribution in [0, 0.1) is 6.92 Å². The summed E-state index contributed by atoms with van der Waals surface area (Å²) in [4.78, 5) is 10.7. The van der Waals surface area contributed by atoms with Gasteiger partial charge in [-0.25, -0.2) is 9.48 Å². The third-order valence-electron chi connectivity index (χ3n) is 3.81. The number of nitrogens with zero attached hydrogens (tertiary/aromatic N) is 2. The summed E-state index contributed by atoms with van der Waals surface area (Å²) >= 11 is 0. The van der Waals surface area contributed by atoms with Crippen molar-refractivity contribution in [2.75, 3.05) is 0 Å².